The minimum atomic E-state index is -1.45. The number of aromatic hydroxyl groups is 1. The topological polar surface area (TPSA) is 144 Å². The van der Waals surface area contributed by atoms with Crippen LogP contribution in [0.15, 0.2) is 36.4 Å². The summed E-state index contributed by atoms with van der Waals surface area (Å²) >= 11 is 0. The average molecular weight is 490 g/mol. The lowest BCUT2D eigenvalue weighted by molar-refractivity contribution is -0.288. The smallest absolute Gasteiger partial charge is 0.303 e. The number of esters is 4. The van der Waals surface area contributed by atoms with Crippen molar-refractivity contribution in [2.45, 2.75) is 58.4 Å². The van der Waals surface area contributed by atoms with Crippen molar-refractivity contribution in [3.63, 3.8) is 0 Å². The highest BCUT2D eigenvalue weighted by molar-refractivity contribution is 5.90. The van der Waals surface area contributed by atoms with Crippen LogP contribution < -0.4 is 4.74 Å². The van der Waals surface area contributed by atoms with Crippen molar-refractivity contribution in [2.24, 2.45) is 0 Å². The largest absolute Gasteiger partial charge is 0.504 e. The Kier molecular flexibility index (Phi) is 8.13. The van der Waals surface area contributed by atoms with Crippen LogP contribution in [0.25, 0.3) is 10.8 Å². The Balaban J connectivity index is 2.07. The molecule has 1 aliphatic heterocycles. The Bertz CT molecular complexity index is 1110. The first-order chi connectivity index (χ1) is 16.6. The number of phenols is 1. The minimum Gasteiger partial charge on any atom is -0.504 e. The monoisotopic (exact) mass is 490 g/mol. The molecule has 1 fully saturated rings. The summed E-state index contributed by atoms with van der Waals surface area (Å²) in [5, 5.41) is 11.8. The molecule has 2 aromatic carbocycles. The van der Waals surface area contributed by atoms with E-state index in [1.54, 1.807) is 30.3 Å². The molecule has 0 spiro atoms. The molecule has 2 aromatic rings. The van der Waals surface area contributed by atoms with Gasteiger partial charge in [-0.1, -0.05) is 30.3 Å². The van der Waals surface area contributed by atoms with Gasteiger partial charge in [-0.15, -0.1) is 0 Å². The van der Waals surface area contributed by atoms with Crippen molar-refractivity contribution in [2.75, 3.05) is 6.61 Å². The number of carbonyl (C=O) groups excluding carboxylic acids is 4. The van der Waals surface area contributed by atoms with E-state index in [4.69, 9.17) is 28.4 Å². The van der Waals surface area contributed by atoms with Gasteiger partial charge in [0, 0.05) is 33.1 Å². The van der Waals surface area contributed by atoms with Crippen molar-refractivity contribution in [3.05, 3.63) is 36.4 Å². The molecular weight excluding hydrogens is 464 g/mol. The van der Waals surface area contributed by atoms with Crippen LogP contribution in [0.2, 0.25) is 0 Å². The van der Waals surface area contributed by atoms with Crippen LogP contribution in [0.1, 0.15) is 27.7 Å². The third-order valence-corrected chi connectivity index (χ3v) is 5.04. The normalized spacial score (nSPS) is 23.7. The maximum atomic E-state index is 11.9. The number of phenolic OH excluding ortho intramolecular Hbond substituents is 1. The molecule has 5 atom stereocenters. The molecule has 0 amide bonds. The van der Waals surface area contributed by atoms with E-state index in [0.29, 0.717) is 5.39 Å². The van der Waals surface area contributed by atoms with Gasteiger partial charge >= 0.3 is 23.9 Å². The first-order valence-corrected chi connectivity index (χ1v) is 10.7. The molecule has 0 bridgehead atoms. The second kappa shape index (κ2) is 11.0. The highest BCUT2D eigenvalue weighted by Gasteiger charge is 2.53. The Morgan fingerprint density at radius 1 is 0.800 bits per heavy atom. The van der Waals surface area contributed by atoms with E-state index >= 15 is 0 Å². The number of benzene rings is 2. The highest BCUT2D eigenvalue weighted by Crippen LogP contribution is 2.38. The van der Waals surface area contributed by atoms with E-state index in [9.17, 15) is 24.3 Å². The molecule has 35 heavy (non-hydrogen) atoms. The quantitative estimate of drug-likeness (QED) is 0.449. The third-order valence-electron chi connectivity index (χ3n) is 5.04. The van der Waals surface area contributed by atoms with Gasteiger partial charge in [-0.2, -0.15) is 0 Å². The van der Waals surface area contributed by atoms with Gasteiger partial charge in [0.25, 0.3) is 0 Å². The van der Waals surface area contributed by atoms with Crippen LogP contribution in [-0.2, 0) is 42.9 Å². The molecule has 0 saturated carbocycles. The van der Waals surface area contributed by atoms with Crippen LogP contribution in [-0.4, -0.2) is 66.3 Å². The van der Waals surface area contributed by atoms with Crippen molar-refractivity contribution in [1.82, 2.24) is 0 Å². The van der Waals surface area contributed by atoms with Gasteiger partial charge in [-0.25, -0.2) is 0 Å². The van der Waals surface area contributed by atoms with Gasteiger partial charge in [0.1, 0.15) is 12.7 Å². The molecule has 3 rings (SSSR count). The summed E-state index contributed by atoms with van der Waals surface area (Å²) in [6.07, 6.45) is -6.71. The second-order valence-electron chi connectivity index (χ2n) is 7.82. The summed E-state index contributed by atoms with van der Waals surface area (Å²) in [5.74, 6) is -3.10. The van der Waals surface area contributed by atoms with Crippen LogP contribution in [0.4, 0.5) is 0 Å². The number of fused-ring (bicyclic) bond motifs is 1. The fourth-order valence-corrected chi connectivity index (χ4v) is 3.76. The lowest BCUT2D eigenvalue weighted by atomic mass is 9.98. The predicted molar refractivity (Wildman–Crippen MR) is 118 cm³/mol. The number of hydrogen-bond donors (Lipinski definition) is 1. The Hall–Kier alpha value is -3.86. The Morgan fingerprint density at radius 2 is 1.40 bits per heavy atom. The number of rotatable bonds is 7. The molecule has 0 aliphatic carbocycles. The molecule has 11 nitrogen and oxygen atoms in total. The molecular formula is C24H26O11. The summed E-state index contributed by atoms with van der Waals surface area (Å²) in [6.45, 7) is 4.17. The maximum Gasteiger partial charge on any atom is 0.303 e. The molecule has 1 saturated heterocycles. The van der Waals surface area contributed by atoms with Gasteiger partial charge in [0.05, 0.1) is 0 Å². The fraction of sp³-hybridized carbons (Fsp3) is 0.417. The van der Waals surface area contributed by atoms with Gasteiger partial charge in [0.15, 0.2) is 23.7 Å². The average Bonchev–Trinajstić information content (AvgIpc) is 2.77. The standard InChI is InChI=1S/C24H26O11/c1-12(25)30-11-19-21(31-13(2)26)22(32-14(3)27)23(33-15(4)28)24(34-19)35-20-17-8-6-5-7-16(17)9-10-18(20)29/h5-10,19,21-24,29H,11H2,1-4H3/t19-,21-,22+,23-,24?/m1/s1. The Morgan fingerprint density at radius 3 is 2.03 bits per heavy atom. The van der Waals surface area contributed by atoms with Gasteiger partial charge < -0.3 is 33.5 Å². The molecule has 1 N–H and O–H groups in total. The predicted octanol–water partition coefficient (Wildman–Crippen LogP) is 2.01. The summed E-state index contributed by atoms with van der Waals surface area (Å²) < 4.78 is 33.1. The van der Waals surface area contributed by atoms with Crippen molar-refractivity contribution in [1.29, 1.82) is 0 Å². The first kappa shape index (κ1) is 25.8. The fourth-order valence-electron chi connectivity index (χ4n) is 3.76. The third kappa shape index (κ3) is 6.38. The molecule has 1 unspecified atom stereocenters. The number of hydrogen-bond acceptors (Lipinski definition) is 11. The summed E-state index contributed by atoms with van der Waals surface area (Å²) in [5.41, 5.74) is 0. The van der Waals surface area contributed by atoms with Crippen LogP contribution >= 0.6 is 0 Å². The Labute approximate surface area is 200 Å². The van der Waals surface area contributed by atoms with Crippen LogP contribution in [0.3, 0.4) is 0 Å². The van der Waals surface area contributed by atoms with Crippen LogP contribution in [0, 0.1) is 0 Å². The first-order valence-electron chi connectivity index (χ1n) is 10.7. The van der Waals surface area contributed by atoms with Crippen molar-refractivity contribution >= 4 is 34.6 Å². The van der Waals surface area contributed by atoms with E-state index in [2.05, 4.69) is 0 Å². The SMILES string of the molecule is CC(=O)OC[C@H]1OC(Oc2c(O)ccc3ccccc23)[C@H](OC(C)=O)[C@@H](OC(C)=O)[C@@H]1OC(C)=O. The lowest BCUT2D eigenvalue weighted by Crippen LogP contribution is -2.63. The molecule has 0 radical (unpaired) electrons. The summed E-state index contributed by atoms with van der Waals surface area (Å²) in [6, 6.07) is 10.2. The molecule has 0 aromatic heterocycles. The van der Waals surface area contributed by atoms with Crippen molar-refractivity contribution in [3.8, 4) is 11.5 Å². The van der Waals surface area contributed by atoms with Gasteiger partial charge in [-0.3, -0.25) is 19.2 Å². The maximum absolute atomic E-state index is 11.9. The van der Waals surface area contributed by atoms with E-state index in [0.717, 1.165) is 26.2 Å². The zero-order valence-corrected chi connectivity index (χ0v) is 19.6. The molecule has 1 heterocycles. The zero-order chi connectivity index (χ0) is 25.7. The molecule has 188 valence electrons. The summed E-state index contributed by atoms with van der Waals surface area (Å²) in [4.78, 5) is 47.1. The molecule has 1 aliphatic rings. The van der Waals surface area contributed by atoms with E-state index < -0.39 is 54.6 Å². The second-order valence-corrected chi connectivity index (χ2v) is 7.82. The van der Waals surface area contributed by atoms with E-state index in [-0.39, 0.29) is 18.1 Å². The molecule has 11 heteroatoms. The summed E-state index contributed by atoms with van der Waals surface area (Å²) in [7, 11) is 0. The van der Waals surface area contributed by atoms with Crippen molar-refractivity contribution < 1.29 is 52.7 Å². The van der Waals surface area contributed by atoms with Gasteiger partial charge in [0.2, 0.25) is 12.4 Å². The lowest BCUT2D eigenvalue weighted by Gasteiger charge is -2.44. The van der Waals surface area contributed by atoms with E-state index in [1.807, 2.05) is 0 Å². The van der Waals surface area contributed by atoms with Crippen LogP contribution in [0.5, 0.6) is 11.5 Å². The zero-order valence-electron chi connectivity index (χ0n) is 19.6. The number of carbonyl (C=O) groups is 4. The highest BCUT2D eigenvalue weighted by atomic mass is 16.7. The van der Waals surface area contributed by atoms with Gasteiger partial charge in [-0.05, 0) is 11.5 Å². The minimum absolute atomic E-state index is 0.0176. The number of ether oxygens (including phenoxy) is 6. The van der Waals surface area contributed by atoms with E-state index in [1.165, 1.54) is 13.0 Å².